The van der Waals surface area contributed by atoms with E-state index in [0.717, 1.165) is 25.9 Å². The summed E-state index contributed by atoms with van der Waals surface area (Å²) in [7, 11) is 0. The first kappa shape index (κ1) is 17.7. The smallest absolute Gasteiger partial charge is 0.244 e. The Morgan fingerprint density at radius 2 is 2.30 bits per heavy atom. The Morgan fingerprint density at radius 1 is 1.52 bits per heavy atom. The highest BCUT2D eigenvalue weighted by Gasteiger charge is 2.27. The lowest BCUT2D eigenvalue weighted by molar-refractivity contribution is -0.120. The van der Waals surface area contributed by atoms with Crippen molar-refractivity contribution in [3.05, 3.63) is 24.0 Å². The first-order chi connectivity index (χ1) is 10.9. The fourth-order valence-corrected chi connectivity index (χ4v) is 2.67. The van der Waals surface area contributed by atoms with E-state index in [1.165, 1.54) is 6.07 Å². The Bertz CT molecular complexity index is 543. The molecule has 2 atom stereocenters. The van der Waals surface area contributed by atoms with Gasteiger partial charge in [-0.25, -0.2) is 4.39 Å². The van der Waals surface area contributed by atoms with E-state index in [-0.39, 0.29) is 12.0 Å². The summed E-state index contributed by atoms with van der Waals surface area (Å²) in [5, 5.41) is 5.72. The van der Waals surface area contributed by atoms with Crippen LogP contribution in [0.3, 0.4) is 0 Å². The summed E-state index contributed by atoms with van der Waals surface area (Å²) in [6.45, 7) is 5.00. The fourth-order valence-electron chi connectivity index (χ4n) is 2.67. The SMILES string of the molecule is CCCC(C)(N)C(=O)Nc1ccc(NCC2CCCO2)c(F)c1. The second-order valence-electron chi connectivity index (χ2n) is 6.33. The molecule has 5 nitrogen and oxygen atoms in total. The van der Waals surface area contributed by atoms with E-state index in [1.807, 2.05) is 6.92 Å². The van der Waals surface area contributed by atoms with Gasteiger partial charge in [-0.2, -0.15) is 0 Å². The second-order valence-corrected chi connectivity index (χ2v) is 6.33. The van der Waals surface area contributed by atoms with Crippen LogP contribution in [-0.2, 0) is 9.53 Å². The molecular weight excluding hydrogens is 297 g/mol. The molecule has 1 aromatic carbocycles. The predicted molar refractivity (Wildman–Crippen MR) is 90.0 cm³/mol. The van der Waals surface area contributed by atoms with Crippen LogP contribution in [0.2, 0.25) is 0 Å². The van der Waals surface area contributed by atoms with Crippen LogP contribution >= 0.6 is 0 Å². The van der Waals surface area contributed by atoms with Gasteiger partial charge in [-0.1, -0.05) is 13.3 Å². The molecule has 23 heavy (non-hydrogen) atoms. The summed E-state index contributed by atoms with van der Waals surface area (Å²) in [5.41, 5.74) is 5.83. The summed E-state index contributed by atoms with van der Waals surface area (Å²) >= 11 is 0. The van der Waals surface area contributed by atoms with Crippen molar-refractivity contribution in [1.29, 1.82) is 0 Å². The van der Waals surface area contributed by atoms with Crippen molar-refractivity contribution in [2.75, 3.05) is 23.8 Å². The van der Waals surface area contributed by atoms with E-state index in [2.05, 4.69) is 10.6 Å². The van der Waals surface area contributed by atoms with Gasteiger partial charge in [0.15, 0.2) is 0 Å². The van der Waals surface area contributed by atoms with Crippen molar-refractivity contribution in [2.45, 2.75) is 51.2 Å². The monoisotopic (exact) mass is 323 g/mol. The lowest BCUT2D eigenvalue weighted by Gasteiger charge is -2.23. The van der Waals surface area contributed by atoms with Crippen LogP contribution in [0.5, 0.6) is 0 Å². The highest BCUT2D eigenvalue weighted by atomic mass is 19.1. The second kappa shape index (κ2) is 7.75. The van der Waals surface area contributed by atoms with Gasteiger partial charge >= 0.3 is 0 Å². The number of hydrogen-bond acceptors (Lipinski definition) is 4. The average molecular weight is 323 g/mol. The number of carbonyl (C=O) groups excluding carboxylic acids is 1. The van der Waals surface area contributed by atoms with Crippen molar-refractivity contribution in [3.63, 3.8) is 0 Å². The molecule has 0 bridgehead atoms. The van der Waals surface area contributed by atoms with Gasteiger partial charge in [-0.15, -0.1) is 0 Å². The third kappa shape index (κ3) is 4.91. The maximum atomic E-state index is 14.1. The molecule has 1 fully saturated rings. The van der Waals surface area contributed by atoms with Crippen molar-refractivity contribution in [2.24, 2.45) is 5.73 Å². The zero-order valence-corrected chi connectivity index (χ0v) is 13.8. The lowest BCUT2D eigenvalue weighted by Crippen LogP contribution is -2.48. The maximum Gasteiger partial charge on any atom is 0.244 e. The average Bonchev–Trinajstić information content (AvgIpc) is 2.99. The first-order valence-corrected chi connectivity index (χ1v) is 8.17. The number of rotatable bonds is 7. The standard InChI is InChI=1S/C17H26FN3O2/c1-3-8-17(2,19)16(22)21-12-6-7-15(14(18)10-12)20-11-13-5-4-9-23-13/h6-7,10,13,20H,3-5,8-9,11,19H2,1-2H3,(H,21,22). The van der Waals surface area contributed by atoms with Crippen molar-refractivity contribution >= 4 is 17.3 Å². The Balaban J connectivity index is 1.94. The van der Waals surface area contributed by atoms with Gasteiger partial charge in [0.2, 0.25) is 5.91 Å². The zero-order valence-electron chi connectivity index (χ0n) is 13.8. The molecule has 0 radical (unpaired) electrons. The normalized spacial score (nSPS) is 20.1. The summed E-state index contributed by atoms with van der Waals surface area (Å²) < 4.78 is 19.6. The van der Waals surface area contributed by atoms with Gasteiger partial charge in [0, 0.05) is 18.8 Å². The zero-order chi connectivity index (χ0) is 16.9. The Kier molecular flexibility index (Phi) is 5.96. The van der Waals surface area contributed by atoms with Crippen molar-refractivity contribution < 1.29 is 13.9 Å². The van der Waals surface area contributed by atoms with Crippen LogP contribution in [-0.4, -0.2) is 30.7 Å². The summed E-state index contributed by atoms with van der Waals surface area (Å²) in [6, 6.07) is 4.59. The van der Waals surface area contributed by atoms with Crippen LogP contribution < -0.4 is 16.4 Å². The minimum Gasteiger partial charge on any atom is -0.380 e. The van der Waals surface area contributed by atoms with Crippen molar-refractivity contribution in [3.8, 4) is 0 Å². The molecule has 0 aliphatic carbocycles. The molecule has 1 aromatic rings. The molecule has 1 aliphatic rings. The maximum absolute atomic E-state index is 14.1. The molecule has 1 heterocycles. The molecule has 1 saturated heterocycles. The van der Waals surface area contributed by atoms with Gasteiger partial charge in [-0.05, 0) is 44.4 Å². The molecule has 2 rings (SSSR count). The van der Waals surface area contributed by atoms with Gasteiger partial charge < -0.3 is 21.1 Å². The minimum absolute atomic E-state index is 0.140. The molecule has 128 valence electrons. The van der Waals surface area contributed by atoms with E-state index in [0.29, 0.717) is 24.3 Å². The molecule has 0 aromatic heterocycles. The molecule has 2 unspecified atom stereocenters. The number of hydrogen-bond donors (Lipinski definition) is 3. The third-order valence-corrected chi connectivity index (χ3v) is 4.06. The van der Waals surface area contributed by atoms with E-state index in [4.69, 9.17) is 10.5 Å². The summed E-state index contributed by atoms with van der Waals surface area (Å²) in [4.78, 5) is 12.1. The Labute approximate surface area is 136 Å². The summed E-state index contributed by atoms with van der Waals surface area (Å²) in [6.07, 6.45) is 3.56. The van der Waals surface area contributed by atoms with E-state index >= 15 is 0 Å². The van der Waals surface area contributed by atoms with Crippen molar-refractivity contribution in [1.82, 2.24) is 0 Å². The highest BCUT2D eigenvalue weighted by Crippen LogP contribution is 2.21. The number of amides is 1. The van der Waals surface area contributed by atoms with E-state index in [9.17, 15) is 9.18 Å². The quantitative estimate of drug-likeness (QED) is 0.721. The number of anilines is 2. The van der Waals surface area contributed by atoms with Crippen LogP contribution in [0.25, 0.3) is 0 Å². The fraction of sp³-hybridized carbons (Fsp3) is 0.588. The van der Waals surface area contributed by atoms with Gasteiger partial charge in [-0.3, -0.25) is 4.79 Å². The molecule has 0 spiro atoms. The number of halogens is 1. The largest absolute Gasteiger partial charge is 0.380 e. The molecule has 6 heteroatoms. The number of carbonyl (C=O) groups is 1. The van der Waals surface area contributed by atoms with E-state index in [1.54, 1.807) is 19.1 Å². The van der Waals surface area contributed by atoms with Crippen LogP contribution in [0.1, 0.15) is 39.5 Å². The predicted octanol–water partition coefficient (Wildman–Crippen LogP) is 2.87. The molecule has 1 aliphatic heterocycles. The third-order valence-electron chi connectivity index (χ3n) is 4.06. The van der Waals surface area contributed by atoms with E-state index < -0.39 is 11.4 Å². The number of nitrogens with two attached hydrogens (primary N) is 1. The molecule has 0 saturated carbocycles. The van der Waals surface area contributed by atoms with Gasteiger partial charge in [0.05, 0.1) is 17.3 Å². The van der Waals surface area contributed by atoms with Gasteiger partial charge in [0.1, 0.15) is 5.82 Å². The van der Waals surface area contributed by atoms with Crippen LogP contribution in [0, 0.1) is 5.82 Å². The number of ether oxygens (including phenoxy) is 1. The highest BCUT2D eigenvalue weighted by molar-refractivity contribution is 5.97. The number of benzene rings is 1. The van der Waals surface area contributed by atoms with Crippen LogP contribution in [0.15, 0.2) is 18.2 Å². The Morgan fingerprint density at radius 3 is 2.91 bits per heavy atom. The topological polar surface area (TPSA) is 76.4 Å². The first-order valence-electron chi connectivity index (χ1n) is 8.17. The summed E-state index contributed by atoms with van der Waals surface area (Å²) in [5.74, 6) is -0.714. The molecule has 1 amide bonds. The number of nitrogens with one attached hydrogen (secondary N) is 2. The minimum atomic E-state index is -0.956. The lowest BCUT2D eigenvalue weighted by atomic mass is 9.96. The van der Waals surface area contributed by atoms with Gasteiger partial charge in [0.25, 0.3) is 0 Å². The molecular formula is C17H26FN3O2. The molecule has 4 N–H and O–H groups in total. The van der Waals surface area contributed by atoms with Crippen LogP contribution in [0.4, 0.5) is 15.8 Å². The Hall–Kier alpha value is -1.66.